The van der Waals surface area contributed by atoms with Gasteiger partial charge < -0.3 is 4.98 Å². The molecule has 0 amide bonds. The van der Waals surface area contributed by atoms with Crippen LogP contribution in [0.3, 0.4) is 0 Å². The fourth-order valence-corrected chi connectivity index (χ4v) is 8.38. The number of hydrogen-bond donors (Lipinski definition) is 0. The summed E-state index contributed by atoms with van der Waals surface area (Å²) in [6.45, 7) is -2.30. The van der Waals surface area contributed by atoms with Crippen LogP contribution in [-0.4, -0.2) is 28.2 Å². The fraction of sp³-hybridized carbons (Fsp3) is 0.108. The molecular weight excluding hydrogens is 783 g/mol. The number of nitrogens with zero attached hydrogens (tertiary/aromatic N) is 3. The molecule has 8 rings (SSSR count). The van der Waals surface area contributed by atoms with Crippen molar-refractivity contribution < 1.29 is 33.1 Å². The van der Waals surface area contributed by atoms with Crippen LogP contribution in [0.25, 0.3) is 66.5 Å². The molecule has 0 unspecified atom stereocenters. The van der Waals surface area contributed by atoms with Gasteiger partial charge in [0.2, 0.25) is 0 Å². The minimum Gasteiger partial charge on any atom is -0.305 e. The van der Waals surface area contributed by atoms with Crippen LogP contribution in [-0.2, 0) is 20.1 Å². The molecular formula is C37H29GeIrN3O2-2. The summed E-state index contributed by atoms with van der Waals surface area (Å²) < 4.78 is 36.7. The van der Waals surface area contributed by atoms with E-state index in [-0.39, 0.29) is 31.5 Å². The van der Waals surface area contributed by atoms with Crippen molar-refractivity contribution in [2.24, 2.45) is 0 Å². The van der Waals surface area contributed by atoms with Gasteiger partial charge in [-0.1, -0.05) is 12.1 Å². The number of para-hydroxylation sites is 1. The molecule has 44 heavy (non-hydrogen) atoms. The van der Waals surface area contributed by atoms with Gasteiger partial charge in [-0.15, -0.1) is 35.9 Å². The largest absolute Gasteiger partial charge is 0.305 e. The second-order valence-corrected chi connectivity index (χ2v) is 21.9. The molecule has 0 spiro atoms. The smallest absolute Gasteiger partial charge is 0.0160 e. The second kappa shape index (κ2) is 12.1. The molecule has 0 saturated carbocycles. The quantitative estimate of drug-likeness (QED) is 0.132. The molecule has 0 bridgehead atoms. The molecule has 0 atom stereocenters. The minimum absolute atomic E-state index is 0. The third-order valence-corrected chi connectivity index (χ3v) is 11.6. The third kappa shape index (κ3) is 5.61. The molecule has 219 valence electrons. The van der Waals surface area contributed by atoms with Gasteiger partial charge in [0.15, 0.2) is 0 Å². The number of pyridine rings is 3. The van der Waals surface area contributed by atoms with Crippen LogP contribution < -0.4 is 4.40 Å². The van der Waals surface area contributed by atoms with E-state index in [1.54, 1.807) is 12.3 Å². The van der Waals surface area contributed by atoms with E-state index >= 15 is 0 Å². The summed E-state index contributed by atoms with van der Waals surface area (Å²) in [6.07, 6.45) is 3.63. The average molecular weight is 816 g/mol. The molecule has 5 aromatic heterocycles. The maximum atomic E-state index is 7.64. The molecule has 5 nitrogen and oxygen atoms in total. The first kappa shape index (κ1) is 26.3. The molecule has 5 heterocycles. The molecule has 1 radical (unpaired) electrons. The van der Waals surface area contributed by atoms with E-state index in [2.05, 4.69) is 57.6 Å². The van der Waals surface area contributed by atoms with Gasteiger partial charge in [0.05, 0.1) is 0 Å². The van der Waals surface area contributed by atoms with E-state index in [0.717, 1.165) is 44.0 Å². The van der Waals surface area contributed by atoms with E-state index in [1.807, 2.05) is 66.9 Å². The molecule has 7 heteroatoms. The van der Waals surface area contributed by atoms with Gasteiger partial charge in [0, 0.05) is 30.4 Å². The monoisotopic (exact) mass is 817 g/mol. The van der Waals surface area contributed by atoms with Gasteiger partial charge in [0.1, 0.15) is 0 Å². The predicted molar refractivity (Wildman–Crippen MR) is 177 cm³/mol. The number of benzene rings is 3. The molecule has 0 N–H and O–H groups in total. The summed E-state index contributed by atoms with van der Waals surface area (Å²) in [7, 11) is 0. The maximum Gasteiger partial charge on any atom is 0.0160 e. The first-order valence-electron chi connectivity index (χ1n) is 15.5. The summed E-state index contributed by atoms with van der Waals surface area (Å²) in [5.41, 5.74) is 5.95. The van der Waals surface area contributed by atoms with Crippen LogP contribution in [0.15, 0.2) is 112 Å². The van der Waals surface area contributed by atoms with E-state index in [9.17, 15) is 0 Å². The minimum atomic E-state index is -2.30. The second-order valence-electron chi connectivity index (χ2n) is 11.3. The molecule has 0 saturated heterocycles. The standard InChI is InChI=1S/C26H21GeN2O2.C11H8N.Ir/c1-15-11-12-18-16-7-5-9-19(24(16)31-26(18)29-15)22-13-23-20(14-28-22)17-8-6-10-21(25(17)30-23)27(2,3)4;1-2-6-10(7-3-1)11-8-4-5-9-12-11;/h5-8,10-14H,1-4H3;1-6,8-9H;/q2*-1;/i1D3;;. The van der Waals surface area contributed by atoms with Crippen molar-refractivity contribution in [3.63, 3.8) is 0 Å². The van der Waals surface area contributed by atoms with Crippen molar-refractivity contribution in [1.29, 1.82) is 0 Å². The van der Waals surface area contributed by atoms with Crippen LogP contribution in [0.1, 0.15) is 9.81 Å². The number of fused-ring (bicyclic) bond motifs is 6. The Morgan fingerprint density at radius 1 is 0.727 bits per heavy atom. The third-order valence-electron chi connectivity index (χ3n) is 7.40. The van der Waals surface area contributed by atoms with Crippen LogP contribution >= 0.6 is 0 Å². The summed E-state index contributed by atoms with van der Waals surface area (Å²) in [5.74, 6) is 7.07. The van der Waals surface area contributed by atoms with Crippen LogP contribution in [0, 0.1) is 19.0 Å². The molecule has 0 aliphatic heterocycles. The summed E-state index contributed by atoms with van der Waals surface area (Å²) in [5, 5.41) is 3.65. The first-order valence-corrected chi connectivity index (χ1v) is 21.4. The summed E-state index contributed by atoms with van der Waals surface area (Å²) in [6, 6.07) is 35.3. The Kier molecular flexibility index (Phi) is 7.25. The zero-order valence-electron chi connectivity index (χ0n) is 27.3. The van der Waals surface area contributed by atoms with Gasteiger partial charge in [-0.3, -0.25) is 0 Å². The van der Waals surface area contributed by atoms with E-state index < -0.39 is 20.1 Å². The Morgan fingerprint density at radius 2 is 1.59 bits per heavy atom. The Hall–Kier alpha value is -4.10. The topological polar surface area (TPSA) is 65.0 Å². The van der Waals surface area contributed by atoms with Crippen LogP contribution in [0.5, 0.6) is 0 Å². The van der Waals surface area contributed by atoms with E-state index in [0.29, 0.717) is 16.8 Å². The van der Waals surface area contributed by atoms with Crippen molar-refractivity contribution in [1.82, 2.24) is 15.0 Å². The molecule has 3 aromatic carbocycles. The Labute approximate surface area is 276 Å². The van der Waals surface area contributed by atoms with E-state index in [1.165, 1.54) is 10.5 Å². The molecule has 0 aliphatic rings. The zero-order valence-corrected chi connectivity index (χ0v) is 28.8. The normalized spacial score (nSPS) is 12.8. The maximum absolute atomic E-state index is 7.64. The van der Waals surface area contributed by atoms with Gasteiger partial charge in [-0.2, -0.15) is 0 Å². The Bertz CT molecular complexity index is 2310. The first-order chi connectivity index (χ1) is 22.1. The number of hydrogen-bond acceptors (Lipinski definition) is 5. The van der Waals surface area contributed by atoms with Gasteiger partial charge in [-0.05, 0) is 18.6 Å². The molecule has 0 fully saturated rings. The van der Waals surface area contributed by atoms with Crippen molar-refractivity contribution in [3.8, 4) is 22.5 Å². The number of rotatable bonds is 3. The fourth-order valence-electron chi connectivity index (χ4n) is 5.31. The SMILES string of the molecule is [2H]C([2H])([2H])c1ccc2c(n1)oc1c(-c3cc4oc5[c]([Ge]([CH3])([CH3])[CH3])cccc5c4cn3)[c-]ccc12.[Ir].[c-]1ccccc1-c1ccccn1. The summed E-state index contributed by atoms with van der Waals surface area (Å²) >= 11 is -2.13. The van der Waals surface area contributed by atoms with Crippen molar-refractivity contribution >= 4 is 61.7 Å². The van der Waals surface area contributed by atoms with E-state index in [4.69, 9.17) is 17.9 Å². The van der Waals surface area contributed by atoms with Crippen molar-refractivity contribution in [2.75, 3.05) is 0 Å². The van der Waals surface area contributed by atoms with Crippen molar-refractivity contribution in [2.45, 2.75) is 24.1 Å². The van der Waals surface area contributed by atoms with Crippen LogP contribution in [0.2, 0.25) is 17.3 Å². The predicted octanol–water partition coefficient (Wildman–Crippen LogP) is 9.14. The Morgan fingerprint density at radius 3 is 2.36 bits per heavy atom. The average Bonchev–Trinajstić information content (AvgIpc) is 3.62. The summed E-state index contributed by atoms with van der Waals surface area (Å²) in [4.78, 5) is 13.2. The van der Waals surface area contributed by atoms with Gasteiger partial charge in [0.25, 0.3) is 0 Å². The number of furan rings is 2. The van der Waals surface area contributed by atoms with Crippen molar-refractivity contribution in [3.05, 3.63) is 121 Å². The number of aryl methyl sites for hydroxylation is 1. The molecule has 0 aliphatic carbocycles. The Balaban J connectivity index is 0.000000250. The van der Waals surface area contributed by atoms with Gasteiger partial charge in [-0.25, -0.2) is 0 Å². The van der Waals surface area contributed by atoms with Gasteiger partial charge >= 0.3 is 175 Å². The zero-order chi connectivity index (χ0) is 32.1. The van der Waals surface area contributed by atoms with Crippen LogP contribution in [0.4, 0.5) is 0 Å². The number of aromatic nitrogens is 3. The molecule has 8 aromatic rings.